The van der Waals surface area contributed by atoms with Gasteiger partial charge in [0.15, 0.2) is 0 Å². The Bertz CT molecular complexity index is 947. The highest BCUT2D eigenvalue weighted by atomic mass is 16.5. The Morgan fingerprint density at radius 1 is 1.29 bits per heavy atom. The summed E-state index contributed by atoms with van der Waals surface area (Å²) in [5, 5.41) is 2.91. The predicted octanol–water partition coefficient (Wildman–Crippen LogP) is 2.25. The van der Waals surface area contributed by atoms with Crippen LogP contribution in [-0.2, 0) is 6.54 Å². The highest BCUT2D eigenvalue weighted by Crippen LogP contribution is 2.20. The van der Waals surface area contributed by atoms with Crippen LogP contribution in [0.25, 0.3) is 0 Å². The number of aromatic amines is 1. The molecule has 7 nitrogen and oxygen atoms in total. The highest BCUT2D eigenvalue weighted by Gasteiger charge is 2.22. The number of H-pyrrole nitrogens is 1. The van der Waals surface area contributed by atoms with E-state index < -0.39 is 11.5 Å². The van der Waals surface area contributed by atoms with Gasteiger partial charge in [0.2, 0.25) is 0 Å². The Labute approximate surface area is 163 Å². The number of ether oxygens (including phenoxy) is 1. The molecule has 7 heteroatoms. The van der Waals surface area contributed by atoms with Gasteiger partial charge in [0, 0.05) is 25.8 Å². The van der Waals surface area contributed by atoms with Crippen molar-refractivity contribution in [2.24, 2.45) is 0 Å². The third-order valence-corrected chi connectivity index (χ3v) is 5.06. The summed E-state index contributed by atoms with van der Waals surface area (Å²) >= 11 is 0. The molecule has 1 aromatic heterocycles. The van der Waals surface area contributed by atoms with Gasteiger partial charge in [0.05, 0.1) is 12.7 Å². The van der Waals surface area contributed by atoms with E-state index >= 15 is 0 Å². The second-order valence-corrected chi connectivity index (χ2v) is 7.20. The van der Waals surface area contributed by atoms with E-state index in [1.165, 1.54) is 17.2 Å². The van der Waals surface area contributed by atoms with E-state index in [2.05, 4.69) is 10.3 Å². The first kappa shape index (κ1) is 19.7. The van der Waals surface area contributed by atoms with Crippen molar-refractivity contribution < 1.29 is 14.3 Å². The molecule has 1 fully saturated rings. The summed E-state index contributed by atoms with van der Waals surface area (Å²) in [7, 11) is 3.24. The number of hydrogen-bond acceptors (Lipinski definition) is 4. The van der Waals surface area contributed by atoms with Crippen LogP contribution in [0.5, 0.6) is 5.75 Å². The minimum atomic E-state index is -0.511. The second-order valence-electron chi connectivity index (χ2n) is 7.20. The molecular formula is C21H25N3O4. The van der Waals surface area contributed by atoms with Crippen LogP contribution in [-0.4, -0.2) is 41.9 Å². The number of nitrogens with one attached hydrogen (secondary N) is 2. The number of aromatic nitrogens is 1. The van der Waals surface area contributed by atoms with E-state index in [9.17, 15) is 14.4 Å². The molecule has 1 heterocycles. The molecule has 1 aromatic carbocycles. The number of hydrogen-bond donors (Lipinski definition) is 2. The maximum Gasteiger partial charge on any atom is 0.260 e. The van der Waals surface area contributed by atoms with Crippen LogP contribution in [0.15, 0.2) is 35.3 Å². The largest absolute Gasteiger partial charge is 0.496 e. The van der Waals surface area contributed by atoms with Gasteiger partial charge in [-0.2, -0.15) is 0 Å². The number of carbonyl (C=O) groups is 2. The van der Waals surface area contributed by atoms with Crippen molar-refractivity contribution in [3.63, 3.8) is 0 Å². The van der Waals surface area contributed by atoms with E-state index in [1.54, 1.807) is 14.2 Å². The lowest BCUT2D eigenvalue weighted by Crippen LogP contribution is -2.40. The maximum atomic E-state index is 12.8. The molecule has 2 N–H and O–H groups in total. The number of amides is 2. The number of nitrogens with zero attached hydrogens (tertiary/aromatic N) is 1. The van der Waals surface area contributed by atoms with Crippen LogP contribution in [0.4, 0.5) is 0 Å². The third-order valence-electron chi connectivity index (χ3n) is 5.06. The van der Waals surface area contributed by atoms with Gasteiger partial charge in [-0.25, -0.2) is 0 Å². The Morgan fingerprint density at radius 2 is 2.04 bits per heavy atom. The molecule has 1 aliphatic rings. The molecule has 2 amide bonds. The van der Waals surface area contributed by atoms with Crippen molar-refractivity contribution in [3.8, 4) is 5.75 Å². The minimum Gasteiger partial charge on any atom is -0.496 e. The average Bonchev–Trinajstić information content (AvgIpc) is 2.64. The van der Waals surface area contributed by atoms with Crippen molar-refractivity contribution in [2.75, 3.05) is 14.2 Å². The molecule has 0 bridgehead atoms. The molecule has 28 heavy (non-hydrogen) atoms. The van der Waals surface area contributed by atoms with Crippen molar-refractivity contribution in [1.29, 1.82) is 0 Å². The van der Waals surface area contributed by atoms with Gasteiger partial charge < -0.3 is 19.9 Å². The molecule has 3 rings (SSSR count). The smallest absolute Gasteiger partial charge is 0.260 e. The van der Waals surface area contributed by atoms with Crippen molar-refractivity contribution >= 4 is 11.8 Å². The number of aryl methyl sites for hydroxylation is 1. The van der Waals surface area contributed by atoms with E-state index in [0.29, 0.717) is 6.54 Å². The van der Waals surface area contributed by atoms with Crippen LogP contribution in [0, 0.1) is 6.92 Å². The van der Waals surface area contributed by atoms with E-state index in [0.717, 1.165) is 36.1 Å². The van der Waals surface area contributed by atoms with Crippen LogP contribution in [0.3, 0.4) is 0 Å². The quantitative estimate of drug-likeness (QED) is 0.800. The number of rotatable bonds is 6. The van der Waals surface area contributed by atoms with Crippen molar-refractivity contribution in [3.05, 3.63) is 63.1 Å². The molecule has 1 saturated carbocycles. The zero-order chi connectivity index (χ0) is 20.3. The van der Waals surface area contributed by atoms with Gasteiger partial charge in [-0.1, -0.05) is 12.1 Å². The highest BCUT2D eigenvalue weighted by molar-refractivity contribution is 5.99. The molecule has 2 aromatic rings. The minimum absolute atomic E-state index is 0.0472. The summed E-state index contributed by atoms with van der Waals surface area (Å²) < 4.78 is 5.25. The van der Waals surface area contributed by atoms with Gasteiger partial charge in [0.25, 0.3) is 17.4 Å². The zero-order valence-electron chi connectivity index (χ0n) is 16.4. The summed E-state index contributed by atoms with van der Waals surface area (Å²) in [4.78, 5) is 41.2. The summed E-state index contributed by atoms with van der Waals surface area (Å²) in [6.45, 7) is 2.26. The van der Waals surface area contributed by atoms with Crippen LogP contribution in [0.1, 0.15) is 51.1 Å². The molecule has 0 saturated heterocycles. The van der Waals surface area contributed by atoms with Crippen molar-refractivity contribution in [1.82, 2.24) is 15.2 Å². The standard InChI is InChI=1S/C21H25N3O4/c1-13-9-14(7-8-18(13)28-3)12-24(2)21(27)17-10-15(11-22-20(17)26)19(25)23-16-5-4-6-16/h7-11,16H,4-6,12H2,1-3H3,(H,22,26)(H,23,25). The van der Waals surface area contributed by atoms with Crippen LogP contribution < -0.4 is 15.6 Å². The monoisotopic (exact) mass is 383 g/mol. The maximum absolute atomic E-state index is 12.8. The lowest BCUT2D eigenvalue weighted by Gasteiger charge is -2.26. The van der Waals surface area contributed by atoms with Gasteiger partial charge in [0.1, 0.15) is 11.3 Å². The summed E-state index contributed by atoms with van der Waals surface area (Å²) in [5.74, 6) is 0.0656. The zero-order valence-corrected chi connectivity index (χ0v) is 16.4. The number of pyridine rings is 1. The Morgan fingerprint density at radius 3 is 2.64 bits per heavy atom. The summed E-state index contributed by atoms with van der Waals surface area (Å²) in [6.07, 6.45) is 4.38. The molecule has 0 aliphatic heterocycles. The first-order chi connectivity index (χ1) is 13.4. The molecule has 0 radical (unpaired) electrons. The van der Waals surface area contributed by atoms with E-state index in [1.807, 2.05) is 25.1 Å². The lowest BCUT2D eigenvalue weighted by atomic mass is 9.93. The predicted molar refractivity (Wildman–Crippen MR) is 106 cm³/mol. The third kappa shape index (κ3) is 4.24. The SMILES string of the molecule is COc1ccc(CN(C)C(=O)c2cc(C(=O)NC3CCC3)c[nH]c2=O)cc1C. The first-order valence-corrected chi connectivity index (χ1v) is 9.31. The first-order valence-electron chi connectivity index (χ1n) is 9.31. The molecule has 0 atom stereocenters. The Kier molecular flexibility index (Phi) is 5.82. The summed E-state index contributed by atoms with van der Waals surface area (Å²) in [6, 6.07) is 7.21. The van der Waals surface area contributed by atoms with Crippen LogP contribution >= 0.6 is 0 Å². The van der Waals surface area contributed by atoms with Gasteiger partial charge in [-0.3, -0.25) is 14.4 Å². The molecule has 0 spiro atoms. The Hall–Kier alpha value is -3.09. The van der Waals surface area contributed by atoms with Gasteiger partial charge in [-0.15, -0.1) is 0 Å². The molecule has 1 aliphatic carbocycles. The molecule has 148 valence electrons. The topological polar surface area (TPSA) is 91.5 Å². The van der Waals surface area contributed by atoms with Gasteiger partial charge in [-0.05, 0) is 49.4 Å². The molecule has 0 unspecified atom stereocenters. The number of methoxy groups -OCH3 is 1. The lowest BCUT2D eigenvalue weighted by molar-refractivity contribution is 0.0783. The van der Waals surface area contributed by atoms with E-state index in [-0.39, 0.29) is 23.1 Å². The fraction of sp³-hybridized carbons (Fsp3) is 0.381. The van der Waals surface area contributed by atoms with Crippen LogP contribution in [0.2, 0.25) is 0 Å². The number of benzene rings is 1. The Balaban J connectivity index is 1.75. The summed E-state index contributed by atoms with van der Waals surface area (Å²) in [5.41, 5.74) is 1.61. The fourth-order valence-corrected chi connectivity index (χ4v) is 3.19. The fourth-order valence-electron chi connectivity index (χ4n) is 3.19. The number of carbonyl (C=O) groups excluding carboxylic acids is 2. The van der Waals surface area contributed by atoms with E-state index in [4.69, 9.17) is 4.74 Å². The normalized spacial score (nSPS) is 13.5. The second kappa shape index (κ2) is 8.29. The van der Waals surface area contributed by atoms with Gasteiger partial charge >= 0.3 is 0 Å². The average molecular weight is 383 g/mol. The molecular weight excluding hydrogens is 358 g/mol. The van der Waals surface area contributed by atoms with Crippen molar-refractivity contribution in [2.45, 2.75) is 38.8 Å².